The first-order chi connectivity index (χ1) is 12.5. The van der Waals surface area contributed by atoms with Gasteiger partial charge in [0.25, 0.3) is 5.22 Å². The number of amides is 3. The van der Waals surface area contributed by atoms with Gasteiger partial charge in [-0.3, -0.25) is 10.1 Å². The predicted octanol–water partition coefficient (Wildman–Crippen LogP) is 3.29. The lowest BCUT2D eigenvalue weighted by atomic mass is 10.1. The van der Waals surface area contributed by atoms with Gasteiger partial charge in [-0.1, -0.05) is 42.3 Å². The van der Waals surface area contributed by atoms with Crippen LogP contribution in [-0.4, -0.2) is 33.4 Å². The van der Waals surface area contributed by atoms with Crippen LogP contribution in [0.2, 0.25) is 0 Å². The van der Waals surface area contributed by atoms with E-state index in [-0.39, 0.29) is 11.9 Å². The molecule has 0 bridgehead atoms. The minimum Gasteiger partial charge on any atom is -0.411 e. The van der Waals surface area contributed by atoms with Crippen LogP contribution in [-0.2, 0) is 4.79 Å². The molecule has 1 aliphatic carbocycles. The van der Waals surface area contributed by atoms with Crippen LogP contribution in [0.25, 0.3) is 11.5 Å². The summed E-state index contributed by atoms with van der Waals surface area (Å²) in [7, 11) is 0. The molecular weight excluding hydrogens is 352 g/mol. The molecule has 2 aromatic rings. The highest BCUT2D eigenvalue weighted by Gasteiger charge is 2.22. The number of urea groups is 1. The standard InChI is InChI=1S/C18H22N4O3S/c1-11-7-9-13(10-8-11)16-21-22-18(25-16)26-12(2)15(23)20-17(24)19-14-5-3-4-6-14/h7-10,12,14H,3-6H2,1-2H3,(H2,19,20,23,24)/t12-/m1/s1. The zero-order chi connectivity index (χ0) is 18.5. The van der Waals surface area contributed by atoms with Crippen molar-refractivity contribution in [1.29, 1.82) is 0 Å². The summed E-state index contributed by atoms with van der Waals surface area (Å²) in [6, 6.07) is 7.46. The van der Waals surface area contributed by atoms with Crippen LogP contribution < -0.4 is 10.6 Å². The van der Waals surface area contributed by atoms with E-state index in [0.717, 1.165) is 48.6 Å². The first kappa shape index (κ1) is 18.4. The van der Waals surface area contributed by atoms with E-state index >= 15 is 0 Å². The van der Waals surface area contributed by atoms with E-state index in [9.17, 15) is 9.59 Å². The number of hydrogen-bond donors (Lipinski definition) is 2. The van der Waals surface area contributed by atoms with E-state index in [1.807, 2.05) is 31.2 Å². The minimum absolute atomic E-state index is 0.166. The van der Waals surface area contributed by atoms with Gasteiger partial charge in [0.2, 0.25) is 11.8 Å². The van der Waals surface area contributed by atoms with Gasteiger partial charge in [-0.05, 0) is 38.8 Å². The molecule has 0 aliphatic heterocycles. The molecule has 1 saturated carbocycles. The molecule has 138 valence electrons. The Morgan fingerprint density at radius 2 is 1.88 bits per heavy atom. The summed E-state index contributed by atoms with van der Waals surface area (Å²) in [5, 5.41) is 12.9. The maximum atomic E-state index is 12.2. The Labute approximate surface area is 156 Å². The van der Waals surface area contributed by atoms with Crippen molar-refractivity contribution in [2.24, 2.45) is 0 Å². The normalized spacial score (nSPS) is 15.6. The molecule has 3 rings (SSSR count). The van der Waals surface area contributed by atoms with Crippen molar-refractivity contribution in [3.63, 3.8) is 0 Å². The van der Waals surface area contributed by atoms with Gasteiger partial charge in [0.15, 0.2) is 0 Å². The van der Waals surface area contributed by atoms with Crippen LogP contribution in [0.3, 0.4) is 0 Å². The molecular formula is C18H22N4O3S. The van der Waals surface area contributed by atoms with Crippen molar-refractivity contribution in [1.82, 2.24) is 20.8 Å². The molecule has 1 aliphatic rings. The fourth-order valence-corrected chi connectivity index (χ4v) is 3.46. The van der Waals surface area contributed by atoms with E-state index in [1.54, 1.807) is 6.92 Å². The van der Waals surface area contributed by atoms with Gasteiger partial charge in [0.05, 0.1) is 5.25 Å². The van der Waals surface area contributed by atoms with Gasteiger partial charge in [-0.15, -0.1) is 10.2 Å². The van der Waals surface area contributed by atoms with Crippen molar-refractivity contribution in [2.75, 3.05) is 0 Å². The molecule has 7 nitrogen and oxygen atoms in total. The van der Waals surface area contributed by atoms with Crippen molar-refractivity contribution >= 4 is 23.7 Å². The average Bonchev–Trinajstić information content (AvgIpc) is 3.27. The zero-order valence-electron chi connectivity index (χ0n) is 14.8. The molecule has 1 atom stereocenters. The molecule has 8 heteroatoms. The molecule has 1 aromatic carbocycles. The van der Waals surface area contributed by atoms with Gasteiger partial charge in [0.1, 0.15) is 0 Å². The Bertz CT molecular complexity index is 769. The van der Waals surface area contributed by atoms with Crippen molar-refractivity contribution < 1.29 is 14.0 Å². The van der Waals surface area contributed by atoms with E-state index < -0.39 is 11.3 Å². The highest BCUT2D eigenvalue weighted by atomic mass is 32.2. The Morgan fingerprint density at radius 3 is 2.58 bits per heavy atom. The Morgan fingerprint density at radius 1 is 1.19 bits per heavy atom. The van der Waals surface area contributed by atoms with Gasteiger partial charge in [-0.2, -0.15) is 0 Å². The second kappa shape index (κ2) is 8.35. The van der Waals surface area contributed by atoms with E-state index in [2.05, 4.69) is 20.8 Å². The second-order valence-electron chi connectivity index (χ2n) is 6.44. The number of hydrogen-bond acceptors (Lipinski definition) is 6. The number of aromatic nitrogens is 2. The number of rotatable bonds is 5. The van der Waals surface area contributed by atoms with Crippen LogP contribution in [0.15, 0.2) is 33.9 Å². The maximum Gasteiger partial charge on any atom is 0.321 e. The van der Waals surface area contributed by atoms with Gasteiger partial charge < -0.3 is 9.73 Å². The van der Waals surface area contributed by atoms with Crippen LogP contribution in [0.4, 0.5) is 4.79 Å². The van der Waals surface area contributed by atoms with Gasteiger partial charge in [-0.25, -0.2) is 4.79 Å². The summed E-state index contributed by atoms with van der Waals surface area (Å²) in [6.45, 7) is 3.70. The number of imide groups is 1. The molecule has 26 heavy (non-hydrogen) atoms. The fourth-order valence-electron chi connectivity index (χ4n) is 2.78. The van der Waals surface area contributed by atoms with Crippen molar-refractivity contribution in [2.45, 2.75) is 56.0 Å². The first-order valence-corrected chi connectivity index (χ1v) is 9.58. The summed E-state index contributed by atoms with van der Waals surface area (Å²) in [5.74, 6) is 0.0136. The fraction of sp³-hybridized carbons (Fsp3) is 0.444. The number of nitrogens with one attached hydrogen (secondary N) is 2. The summed E-state index contributed by atoms with van der Waals surface area (Å²) < 4.78 is 5.60. The topological polar surface area (TPSA) is 97.1 Å². The molecule has 3 amide bonds. The lowest BCUT2D eigenvalue weighted by Gasteiger charge is -2.13. The van der Waals surface area contributed by atoms with Crippen LogP contribution in [0.5, 0.6) is 0 Å². The number of aryl methyl sites for hydroxylation is 1. The monoisotopic (exact) mass is 374 g/mol. The molecule has 0 saturated heterocycles. The Kier molecular flexibility index (Phi) is 5.92. The van der Waals surface area contributed by atoms with Crippen LogP contribution >= 0.6 is 11.8 Å². The van der Waals surface area contributed by atoms with Crippen molar-refractivity contribution in [3.8, 4) is 11.5 Å². The summed E-state index contributed by atoms with van der Waals surface area (Å²) in [5.41, 5.74) is 1.96. The SMILES string of the molecule is Cc1ccc(-c2nnc(S[C@H](C)C(=O)NC(=O)NC3CCCC3)o2)cc1. The largest absolute Gasteiger partial charge is 0.411 e. The number of carbonyl (C=O) groups is 2. The van der Waals surface area contributed by atoms with Crippen LogP contribution in [0.1, 0.15) is 38.2 Å². The Hall–Kier alpha value is -2.35. The summed E-state index contributed by atoms with van der Waals surface area (Å²) in [4.78, 5) is 24.0. The second-order valence-corrected chi connectivity index (χ2v) is 7.74. The Balaban J connectivity index is 1.52. The van der Waals surface area contributed by atoms with Gasteiger partial charge in [0, 0.05) is 11.6 Å². The van der Waals surface area contributed by atoms with E-state index in [0.29, 0.717) is 11.1 Å². The molecule has 1 aromatic heterocycles. The molecule has 0 radical (unpaired) electrons. The molecule has 1 heterocycles. The third kappa shape index (κ3) is 4.85. The van der Waals surface area contributed by atoms with E-state index in [1.165, 1.54) is 0 Å². The quantitative estimate of drug-likeness (QED) is 0.780. The van der Waals surface area contributed by atoms with Crippen molar-refractivity contribution in [3.05, 3.63) is 29.8 Å². The predicted molar refractivity (Wildman–Crippen MR) is 98.7 cm³/mol. The van der Waals surface area contributed by atoms with Gasteiger partial charge >= 0.3 is 6.03 Å². The molecule has 2 N–H and O–H groups in total. The highest BCUT2D eigenvalue weighted by Crippen LogP contribution is 2.26. The number of benzene rings is 1. The zero-order valence-corrected chi connectivity index (χ0v) is 15.6. The molecule has 0 spiro atoms. The molecule has 0 unspecified atom stereocenters. The lowest BCUT2D eigenvalue weighted by Crippen LogP contribution is -2.45. The molecule has 1 fully saturated rings. The number of nitrogens with zero attached hydrogens (tertiary/aromatic N) is 2. The number of carbonyl (C=O) groups excluding carboxylic acids is 2. The summed E-state index contributed by atoms with van der Waals surface area (Å²) >= 11 is 1.12. The van der Waals surface area contributed by atoms with E-state index in [4.69, 9.17) is 4.42 Å². The minimum atomic E-state index is -0.532. The third-order valence-corrected chi connectivity index (χ3v) is 5.21. The van der Waals surface area contributed by atoms with Crippen LogP contribution in [0, 0.1) is 6.92 Å². The number of thioether (sulfide) groups is 1. The smallest absolute Gasteiger partial charge is 0.321 e. The summed E-state index contributed by atoms with van der Waals surface area (Å²) in [6.07, 6.45) is 4.17. The lowest BCUT2D eigenvalue weighted by molar-refractivity contribution is -0.119. The third-order valence-electron chi connectivity index (χ3n) is 4.28. The maximum absolute atomic E-state index is 12.2. The highest BCUT2D eigenvalue weighted by molar-refractivity contribution is 8.00. The first-order valence-electron chi connectivity index (χ1n) is 8.70. The average molecular weight is 374 g/mol.